The van der Waals surface area contributed by atoms with Gasteiger partial charge in [0.2, 0.25) is 0 Å². The van der Waals surface area contributed by atoms with Gasteiger partial charge >= 0.3 is 0 Å². The van der Waals surface area contributed by atoms with Crippen molar-refractivity contribution in [2.45, 2.75) is 12.8 Å². The summed E-state index contributed by atoms with van der Waals surface area (Å²) in [6, 6.07) is 10.4. The highest BCUT2D eigenvalue weighted by Crippen LogP contribution is 2.02. The maximum absolute atomic E-state index is 5.20. The predicted octanol–water partition coefficient (Wildman–Crippen LogP) is 2.18. The smallest absolute Gasteiger partial charge is 0.0757 e. The second-order valence-electron chi connectivity index (χ2n) is 3.33. The van der Waals surface area contributed by atoms with Crippen LogP contribution in [0.2, 0.25) is 0 Å². The van der Waals surface area contributed by atoms with Crippen molar-refractivity contribution < 1.29 is 4.74 Å². The van der Waals surface area contributed by atoms with Gasteiger partial charge < -0.3 is 10.1 Å². The molecule has 0 aliphatic heterocycles. The molecule has 1 aromatic carbocycles. The number of rotatable bonds is 6. The Morgan fingerprint density at radius 3 is 2.73 bits per heavy atom. The van der Waals surface area contributed by atoms with Gasteiger partial charge in [0.1, 0.15) is 0 Å². The number of aryl methyl sites for hydroxylation is 1. The first kappa shape index (κ1) is 12.1. The van der Waals surface area contributed by atoms with Crippen molar-refractivity contribution in [2.24, 2.45) is 0 Å². The van der Waals surface area contributed by atoms with Crippen molar-refractivity contribution in [2.75, 3.05) is 20.3 Å². The zero-order valence-corrected chi connectivity index (χ0v) is 9.85. The Bertz CT molecular complexity index is 287. The number of hydrogen-bond donors (Lipinski definition) is 1. The van der Waals surface area contributed by atoms with Crippen LogP contribution in [0, 0.1) is 0 Å². The summed E-state index contributed by atoms with van der Waals surface area (Å²) in [4.78, 5) is 0.913. The summed E-state index contributed by atoms with van der Waals surface area (Å²) in [5, 5.41) is 3.16. The predicted molar refractivity (Wildman–Crippen MR) is 67.2 cm³/mol. The normalized spacial score (nSPS) is 9.93. The minimum absolute atomic E-state index is 0.700. The summed E-state index contributed by atoms with van der Waals surface area (Å²) >= 11 is 5.20. The average Bonchev–Trinajstić information content (AvgIpc) is 2.28. The Kier molecular flexibility index (Phi) is 5.97. The van der Waals surface area contributed by atoms with Crippen molar-refractivity contribution in [1.82, 2.24) is 5.32 Å². The Morgan fingerprint density at radius 2 is 2.07 bits per heavy atom. The molecule has 0 heterocycles. The van der Waals surface area contributed by atoms with Gasteiger partial charge in [-0.25, -0.2) is 0 Å². The second-order valence-corrected chi connectivity index (χ2v) is 3.82. The third-order valence-corrected chi connectivity index (χ3v) is 2.46. The first-order valence-electron chi connectivity index (χ1n) is 5.12. The summed E-state index contributed by atoms with van der Waals surface area (Å²) < 4.78 is 4.93. The van der Waals surface area contributed by atoms with E-state index >= 15 is 0 Å². The first-order valence-corrected chi connectivity index (χ1v) is 5.53. The number of nitrogens with one attached hydrogen (secondary N) is 1. The number of methoxy groups -OCH3 is 1. The number of thiocarbonyl (C=S) groups is 1. The van der Waals surface area contributed by atoms with Crippen LogP contribution in [0.4, 0.5) is 0 Å². The molecule has 0 spiro atoms. The monoisotopic (exact) mass is 223 g/mol. The molecule has 0 aliphatic carbocycles. The summed E-state index contributed by atoms with van der Waals surface area (Å²) in [7, 11) is 1.69. The molecule has 0 aromatic heterocycles. The van der Waals surface area contributed by atoms with Crippen molar-refractivity contribution in [3.8, 4) is 0 Å². The van der Waals surface area contributed by atoms with E-state index in [9.17, 15) is 0 Å². The van der Waals surface area contributed by atoms with E-state index in [0.717, 1.165) is 24.4 Å². The number of hydrogen-bond acceptors (Lipinski definition) is 2. The molecule has 1 rings (SSSR count). The molecule has 1 aromatic rings. The van der Waals surface area contributed by atoms with E-state index in [2.05, 4.69) is 29.6 Å². The zero-order valence-electron chi connectivity index (χ0n) is 9.03. The fourth-order valence-electron chi connectivity index (χ4n) is 1.28. The van der Waals surface area contributed by atoms with Gasteiger partial charge in [-0.05, 0) is 12.0 Å². The van der Waals surface area contributed by atoms with E-state index in [0.29, 0.717) is 6.61 Å². The molecular weight excluding hydrogens is 206 g/mol. The van der Waals surface area contributed by atoms with E-state index in [1.165, 1.54) is 5.56 Å². The molecular formula is C12H17NOS. The molecule has 2 nitrogen and oxygen atoms in total. The lowest BCUT2D eigenvalue weighted by atomic mass is 10.1. The van der Waals surface area contributed by atoms with Crippen molar-refractivity contribution in [3.05, 3.63) is 35.9 Å². The first-order chi connectivity index (χ1) is 7.33. The third-order valence-electron chi connectivity index (χ3n) is 2.11. The minimum Gasteiger partial charge on any atom is -0.383 e. The maximum Gasteiger partial charge on any atom is 0.0757 e. The van der Waals surface area contributed by atoms with Crippen LogP contribution in [-0.4, -0.2) is 25.2 Å². The molecule has 0 saturated heterocycles. The van der Waals surface area contributed by atoms with Gasteiger partial charge in [-0.15, -0.1) is 0 Å². The lowest BCUT2D eigenvalue weighted by molar-refractivity contribution is 0.204. The Hall–Kier alpha value is -0.930. The Morgan fingerprint density at radius 1 is 1.33 bits per heavy atom. The lowest BCUT2D eigenvalue weighted by Gasteiger charge is -2.06. The molecule has 0 bridgehead atoms. The topological polar surface area (TPSA) is 21.3 Å². The van der Waals surface area contributed by atoms with Crippen LogP contribution in [0.3, 0.4) is 0 Å². The van der Waals surface area contributed by atoms with Crippen LogP contribution < -0.4 is 5.32 Å². The fourth-order valence-corrected chi connectivity index (χ4v) is 1.49. The lowest BCUT2D eigenvalue weighted by Crippen LogP contribution is -2.25. The molecule has 0 radical (unpaired) electrons. The largest absolute Gasteiger partial charge is 0.383 e. The highest BCUT2D eigenvalue weighted by Gasteiger charge is 1.97. The maximum atomic E-state index is 5.20. The summed E-state index contributed by atoms with van der Waals surface area (Å²) in [6.45, 7) is 1.50. The minimum atomic E-state index is 0.700. The molecule has 82 valence electrons. The van der Waals surface area contributed by atoms with Gasteiger partial charge in [-0.1, -0.05) is 42.5 Å². The van der Waals surface area contributed by atoms with Crippen molar-refractivity contribution in [1.29, 1.82) is 0 Å². The molecule has 15 heavy (non-hydrogen) atoms. The zero-order chi connectivity index (χ0) is 10.9. The summed E-state index contributed by atoms with van der Waals surface area (Å²) in [5.41, 5.74) is 1.33. The molecule has 0 amide bonds. The van der Waals surface area contributed by atoms with Crippen LogP contribution in [0.25, 0.3) is 0 Å². The molecule has 0 atom stereocenters. The number of ether oxygens (including phenoxy) is 1. The van der Waals surface area contributed by atoms with Gasteiger partial charge in [-0.2, -0.15) is 0 Å². The highest BCUT2D eigenvalue weighted by atomic mass is 32.1. The van der Waals surface area contributed by atoms with E-state index in [1.807, 2.05) is 6.07 Å². The third kappa shape index (κ3) is 5.50. The van der Waals surface area contributed by atoms with Gasteiger partial charge in [0.15, 0.2) is 0 Å². The Balaban J connectivity index is 2.17. The molecule has 1 N–H and O–H groups in total. The van der Waals surface area contributed by atoms with Crippen LogP contribution in [0.15, 0.2) is 30.3 Å². The van der Waals surface area contributed by atoms with E-state index in [-0.39, 0.29) is 0 Å². The average molecular weight is 223 g/mol. The van der Waals surface area contributed by atoms with E-state index in [1.54, 1.807) is 7.11 Å². The second kappa shape index (κ2) is 7.37. The summed E-state index contributed by atoms with van der Waals surface area (Å²) in [5.74, 6) is 0. The quantitative estimate of drug-likeness (QED) is 0.590. The van der Waals surface area contributed by atoms with Gasteiger partial charge in [0.05, 0.1) is 11.6 Å². The molecule has 0 saturated carbocycles. The molecule has 0 fully saturated rings. The van der Waals surface area contributed by atoms with Crippen LogP contribution >= 0.6 is 12.2 Å². The van der Waals surface area contributed by atoms with Gasteiger partial charge in [0.25, 0.3) is 0 Å². The number of benzene rings is 1. The van der Waals surface area contributed by atoms with Crippen LogP contribution in [0.1, 0.15) is 12.0 Å². The molecule has 0 aliphatic rings. The van der Waals surface area contributed by atoms with Crippen LogP contribution in [0.5, 0.6) is 0 Å². The van der Waals surface area contributed by atoms with E-state index in [4.69, 9.17) is 17.0 Å². The Labute approximate surface area is 96.6 Å². The standard InChI is InChI=1S/C12H17NOS/c1-14-10-9-13-12(15)8-7-11-5-3-2-4-6-11/h2-6H,7-10H2,1H3,(H,13,15). The molecule has 0 unspecified atom stereocenters. The van der Waals surface area contributed by atoms with Crippen molar-refractivity contribution >= 4 is 17.2 Å². The van der Waals surface area contributed by atoms with Gasteiger partial charge in [-0.3, -0.25) is 0 Å². The van der Waals surface area contributed by atoms with Crippen molar-refractivity contribution in [3.63, 3.8) is 0 Å². The highest BCUT2D eigenvalue weighted by molar-refractivity contribution is 7.80. The molecule has 3 heteroatoms. The van der Waals surface area contributed by atoms with Crippen LogP contribution in [-0.2, 0) is 11.2 Å². The summed E-state index contributed by atoms with van der Waals surface area (Å²) in [6.07, 6.45) is 1.91. The van der Waals surface area contributed by atoms with Gasteiger partial charge in [0, 0.05) is 20.1 Å². The SMILES string of the molecule is COCCNC(=S)CCc1ccccc1. The van der Waals surface area contributed by atoms with E-state index < -0.39 is 0 Å². The fraction of sp³-hybridized carbons (Fsp3) is 0.417.